The summed E-state index contributed by atoms with van der Waals surface area (Å²) in [5.74, 6) is -0.0119. The van der Waals surface area contributed by atoms with Crippen molar-refractivity contribution in [3.8, 4) is 0 Å². The van der Waals surface area contributed by atoms with Crippen molar-refractivity contribution in [3.63, 3.8) is 0 Å². The van der Waals surface area contributed by atoms with Gasteiger partial charge in [-0.15, -0.1) is 0 Å². The minimum absolute atomic E-state index is 0.0119. The summed E-state index contributed by atoms with van der Waals surface area (Å²) >= 11 is -1.44. The van der Waals surface area contributed by atoms with E-state index in [1.807, 2.05) is 61.5 Å². The Bertz CT molecular complexity index is 5200. The Labute approximate surface area is 632 Å². The van der Waals surface area contributed by atoms with Crippen LogP contribution in [-0.4, -0.2) is 83.6 Å². The number of nitrogens with one attached hydrogen (secondary N) is 3. The van der Waals surface area contributed by atoms with E-state index in [1.54, 1.807) is 121 Å². The summed E-state index contributed by atoms with van der Waals surface area (Å²) in [7, 11) is -8.89. The predicted molar refractivity (Wildman–Crippen MR) is 415 cm³/mol. The Balaban J connectivity index is 0.000000145. The molecule has 6 heterocycles. The molecule has 0 fully saturated rings. The number of para-hydroxylation sites is 2. The maximum absolute atomic E-state index is 12.7. The van der Waals surface area contributed by atoms with Crippen LogP contribution in [0.2, 0.25) is 0 Å². The van der Waals surface area contributed by atoms with Gasteiger partial charge in [0, 0.05) is 84.2 Å². The van der Waals surface area contributed by atoms with Crippen molar-refractivity contribution >= 4 is 95.4 Å². The van der Waals surface area contributed by atoms with Crippen molar-refractivity contribution in [2.45, 2.75) is 105 Å². The van der Waals surface area contributed by atoms with E-state index in [1.165, 1.54) is 84.0 Å². The molecule has 0 aliphatic carbocycles. The van der Waals surface area contributed by atoms with E-state index in [0.717, 1.165) is 91.1 Å². The summed E-state index contributed by atoms with van der Waals surface area (Å²) in [6.07, 6.45) is 8.38. The van der Waals surface area contributed by atoms with E-state index in [4.69, 9.17) is 18.4 Å². The second-order valence-electron chi connectivity index (χ2n) is 24.9. The number of nitro groups is 1. The fourth-order valence-corrected chi connectivity index (χ4v) is 18.1. The average molecular weight is 1570 g/mol. The molecule has 555 valence electrons. The zero-order chi connectivity index (χ0) is 76.0. The fourth-order valence-electron chi connectivity index (χ4n) is 12.7. The van der Waals surface area contributed by atoms with Gasteiger partial charge in [0.25, 0.3) is 44.8 Å². The molecule has 0 amide bonds. The standard InChI is InChI=1S/C16H15NO3S.C16H17NO2S.C14H13NO2S.C10H12N2O2.C10H13N.C8H9N.C6H5ClO2S.Mn.2O/c1-12(18)13-7-8-16-14(11-13)9-10-17(16)21(19,20)15-5-3-2-4-6-15;1-2-13-8-9-16-14(12-13)10-11-17(16)20(18,19)15-6-4-3-5-7-15;16-18(17,13-7-2-1-3-8-13)15-11-10-12-6-4-5-9-14(12)15;1-2-7-5-8-3-4-11-9(8)6-10(7)12(13)14;1-2-8-3-4-10-9(7-8)5-6-11-10;1-2-4-8-7(3-1)5-6-9-8;7-10(8,9)6-4-2-1-3-5-6;;;/h2-8,11H,9-10H2,1H3;3-9,12H,2,10-11H2,1H3;1-9H,10-11H2;5-6,11H,2-4H2,1H3;3-4,7,11H,2,5-6H2,1H3;1-4,9H,5-6H2;1-5H;;;. The number of halogens is 1. The summed E-state index contributed by atoms with van der Waals surface area (Å²) in [4.78, 5) is 23.0. The van der Waals surface area contributed by atoms with E-state index in [-0.39, 0.29) is 26.2 Å². The third-order valence-electron chi connectivity index (χ3n) is 18.2. The molecular weight excluding hydrogens is 1490 g/mol. The number of sulfonamides is 3. The number of hydrogen-bond acceptors (Lipinski definition) is 16. The molecule has 0 saturated carbocycles. The summed E-state index contributed by atoms with van der Waals surface area (Å²) in [5.41, 5.74) is 17.5. The van der Waals surface area contributed by atoms with Crippen molar-refractivity contribution < 1.29 is 65.9 Å². The number of rotatable bonds is 12. The van der Waals surface area contributed by atoms with Gasteiger partial charge in [-0.25, -0.2) is 33.7 Å². The van der Waals surface area contributed by atoms with Crippen LogP contribution in [-0.2, 0) is 119 Å². The number of carbonyl (C=O) groups is 1. The molecule has 0 bridgehead atoms. The van der Waals surface area contributed by atoms with E-state index in [9.17, 15) is 48.6 Å². The van der Waals surface area contributed by atoms with Gasteiger partial charge in [0.05, 0.1) is 41.6 Å². The van der Waals surface area contributed by atoms with Crippen LogP contribution in [0.5, 0.6) is 0 Å². The number of ketones is 1. The van der Waals surface area contributed by atoms with Crippen LogP contribution in [0, 0.1) is 10.1 Å². The number of Topliss-reactive ketones (excluding diaryl/α,β-unsaturated/α-hetero) is 1. The van der Waals surface area contributed by atoms with E-state index in [0.29, 0.717) is 53.5 Å². The fraction of sp³-hybridized carbons (Fsp3) is 0.237. The molecule has 0 atom stereocenters. The van der Waals surface area contributed by atoms with Crippen LogP contribution < -0.4 is 28.9 Å². The molecule has 0 spiro atoms. The zero-order valence-corrected chi connectivity index (χ0v) is 64.3. The van der Waals surface area contributed by atoms with Crippen LogP contribution in [0.4, 0.5) is 39.8 Å². The minimum atomic E-state index is -3.54. The largest absolute Gasteiger partial charge is 0.384 e. The topological polar surface area (TPSA) is 277 Å². The normalized spacial score (nSPS) is 13.7. The summed E-state index contributed by atoms with van der Waals surface area (Å²) in [6, 6.07) is 71.2. The maximum atomic E-state index is 12.7. The number of nitrogens with zero attached hydrogens (tertiary/aromatic N) is 4. The van der Waals surface area contributed by atoms with E-state index in [2.05, 4.69) is 78.3 Å². The molecule has 6 aliphatic heterocycles. The Hall–Kier alpha value is -9.72. The summed E-state index contributed by atoms with van der Waals surface area (Å²) < 4.78 is 118. The molecule has 0 aromatic heterocycles. The first-order chi connectivity index (χ1) is 50.9. The molecule has 10 aromatic rings. The molecule has 20 nitrogen and oxygen atoms in total. The van der Waals surface area contributed by atoms with E-state index < -0.39 is 53.9 Å². The number of fused-ring (bicyclic) bond motifs is 6. The summed E-state index contributed by atoms with van der Waals surface area (Å²) in [5, 5.41) is 20.6. The number of benzene rings is 10. The van der Waals surface area contributed by atoms with Crippen molar-refractivity contribution in [2.24, 2.45) is 0 Å². The van der Waals surface area contributed by atoms with Crippen molar-refractivity contribution in [1.82, 2.24) is 0 Å². The molecule has 3 N–H and O–H groups in total. The monoisotopic (exact) mass is 1570 g/mol. The first kappa shape index (κ1) is 80.4. The maximum Gasteiger partial charge on any atom is 0.0373 e. The number of nitro benzene ring substituents is 1. The van der Waals surface area contributed by atoms with Crippen LogP contribution in [0.1, 0.15) is 88.1 Å². The van der Waals surface area contributed by atoms with Gasteiger partial charge in [-0.1, -0.05) is 154 Å². The Morgan fingerprint density at radius 1 is 0.415 bits per heavy atom. The Morgan fingerprint density at radius 3 is 1.23 bits per heavy atom. The Kier molecular flexibility index (Phi) is 28.4. The first-order valence-corrected chi connectivity index (χ1v) is 42.2. The molecule has 0 unspecified atom stereocenters. The van der Waals surface area contributed by atoms with Gasteiger partial charge < -0.3 is 16.0 Å². The second-order valence-corrected chi connectivity index (χ2v) is 33.2. The van der Waals surface area contributed by atoms with Gasteiger partial charge in [0.15, 0.2) is 5.78 Å². The molecule has 16 rings (SSSR count). The van der Waals surface area contributed by atoms with Crippen LogP contribution in [0.15, 0.2) is 256 Å². The van der Waals surface area contributed by atoms with Crippen LogP contribution in [0.25, 0.3) is 0 Å². The third-order valence-corrected chi connectivity index (χ3v) is 25.1. The number of hydrogen-bond donors (Lipinski definition) is 3. The molecule has 0 radical (unpaired) electrons. The second kappa shape index (κ2) is 37.5. The van der Waals surface area contributed by atoms with Crippen molar-refractivity contribution in [3.05, 3.63) is 302 Å². The average Bonchev–Trinajstić information content (AvgIpc) is 1.61. The molecule has 10 aromatic carbocycles. The smallest absolute Gasteiger partial charge is 0.0373 e. The van der Waals surface area contributed by atoms with Gasteiger partial charge in [0.2, 0.25) is 0 Å². The van der Waals surface area contributed by atoms with Gasteiger partial charge >= 0.3 is 22.5 Å². The van der Waals surface area contributed by atoms with Gasteiger partial charge in [-0.2, -0.15) is 0 Å². The van der Waals surface area contributed by atoms with Crippen molar-refractivity contribution in [1.29, 1.82) is 0 Å². The predicted octanol–water partition coefficient (Wildman–Crippen LogP) is 15.4. The first-order valence-electron chi connectivity index (χ1n) is 34.6. The minimum Gasteiger partial charge on any atom is -0.384 e. The van der Waals surface area contributed by atoms with Crippen LogP contribution >= 0.6 is 10.7 Å². The molecule has 26 heteroatoms. The Morgan fingerprint density at radius 2 is 0.783 bits per heavy atom. The van der Waals surface area contributed by atoms with Crippen molar-refractivity contribution in [2.75, 3.05) is 68.1 Å². The summed E-state index contributed by atoms with van der Waals surface area (Å²) in [6.45, 7) is 12.3. The molecular formula is C80H84ClMnN7O13S4. The molecule has 0 saturated heterocycles. The zero-order valence-electron chi connectivity index (χ0n) is 59.1. The van der Waals surface area contributed by atoms with Crippen LogP contribution in [0.3, 0.4) is 0 Å². The number of aryl methyl sites for hydroxylation is 3. The third kappa shape index (κ3) is 20.5. The quantitative estimate of drug-likeness (QED) is 0.0337. The molecule has 6 aliphatic rings. The number of carbonyl (C=O) groups excluding carboxylic acids is 1. The van der Waals surface area contributed by atoms with E-state index >= 15 is 0 Å². The van der Waals surface area contributed by atoms with Gasteiger partial charge in [-0.05, 0) is 206 Å². The van der Waals surface area contributed by atoms with Gasteiger partial charge in [0.1, 0.15) is 0 Å². The SMILES string of the molecule is CC(=O)c1ccc2c(c1)CCN2S(=O)(=O)c1ccccc1.CCc1cc2c(cc1[N+](=O)[O-])NCC2.CCc1ccc2c(c1)CCN2.CCc1ccc2c(c1)CCN2S(=O)(=O)c1ccccc1.O=S(=O)(Cl)c1ccccc1.O=S(=O)(c1ccccc1)N1CCc2ccccc21.[O]=[Mn]=[O].c1ccc2c(c1)CCN2. The van der Waals surface area contributed by atoms with Gasteiger partial charge in [-0.3, -0.25) is 27.8 Å². The number of anilines is 6. The molecule has 106 heavy (non-hydrogen) atoms.